The number of likely N-dealkylation sites (N-methyl/N-ethyl adjacent to an activating group) is 1. The van der Waals surface area contributed by atoms with Crippen LogP contribution in [0.25, 0.3) is 0 Å². The van der Waals surface area contributed by atoms with Crippen LogP contribution in [-0.2, 0) is 0 Å². The van der Waals surface area contributed by atoms with Crippen molar-refractivity contribution >= 4 is 0 Å². The lowest BCUT2D eigenvalue weighted by Crippen LogP contribution is -2.59. The van der Waals surface area contributed by atoms with Crippen LogP contribution in [0, 0.1) is 0 Å². The van der Waals surface area contributed by atoms with E-state index in [1.165, 1.54) is 25.9 Å². The third-order valence-electron chi connectivity index (χ3n) is 3.01. The monoisotopic (exact) mass is 170 g/mol. The fraction of sp³-hybridized carbons (Fsp3) is 1.00. The van der Waals surface area contributed by atoms with Gasteiger partial charge in [-0.25, -0.2) is 0 Å². The summed E-state index contributed by atoms with van der Waals surface area (Å²) in [6.07, 6.45) is 2.59. The Labute approximate surface area is 74.0 Å². The van der Waals surface area contributed by atoms with Gasteiger partial charge >= 0.3 is 0 Å². The Morgan fingerprint density at radius 3 is 2.58 bits per heavy atom. The molecule has 0 aromatic carbocycles. The van der Waals surface area contributed by atoms with Gasteiger partial charge in [0, 0.05) is 25.7 Å². The Morgan fingerprint density at radius 2 is 2.00 bits per heavy atom. The van der Waals surface area contributed by atoms with Gasteiger partial charge in [0.2, 0.25) is 0 Å². The maximum absolute atomic E-state index is 9.16. The fourth-order valence-corrected chi connectivity index (χ4v) is 2.22. The molecule has 2 aliphatic heterocycles. The second-order valence-electron chi connectivity index (χ2n) is 4.17. The first-order chi connectivity index (χ1) is 5.75. The third-order valence-corrected chi connectivity index (χ3v) is 3.01. The van der Waals surface area contributed by atoms with E-state index in [1.807, 2.05) is 0 Å². The summed E-state index contributed by atoms with van der Waals surface area (Å²) in [7, 11) is 2.18. The predicted molar refractivity (Wildman–Crippen MR) is 48.1 cm³/mol. The highest BCUT2D eigenvalue weighted by Gasteiger charge is 2.32. The summed E-state index contributed by atoms with van der Waals surface area (Å²) in [5.74, 6) is 0. The van der Waals surface area contributed by atoms with Crippen molar-refractivity contribution in [3.05, 3.63) is 0 Å². The normalized spacial score (nSPS) is 35.0. The molecule has 0 amide bonds. The standard InChI is InChI=1S/C9H18N2O/c1-10-4-2-3-8(5-10)11-6-9(12)7-11/h8-9,12H,2-7H2,1H3. The van der Waals surface area contributed by atoms with Crippen LogP contribution in [0.2, 0.25) is 0 Å². The number of β-amino-alcohol motifs (C(OH)–C–C–N with tert-alkyl or cyclic N) is 1. The zero-order valence-electron chi connectivity index (χ0n) is 7.74. The van der Waals surface area contributed by atoms with E-state index in [0.717, 1.165) is 13.1 Å². The number of piperidine rings is 1. The third kappa shape index (κ3) is 1.63. The topological polar surface area (TPSA) is 26.7 Å². The maximum atomic E-state index is 9.16. The van der Waals surface area contributed by atoms with Gasteiger partial charge in [-0.2, -0.15) is 0 Å². The van der Waals surface area contributed by atoms with Crippen LogP contribution in [0.15, 0.2) is 0 Å². The second-order valence-corrected chi connectivity index (χ2v) is 4.17. The molecule has 2 aliphatic rings. The van der Waals surface area contributed by atoms with E-state index >= 15 is 0 Å². The lowest BCUT2D eigenvalue weighted by Gasteiger charge is -2.45. The summed E-state index contributed by atoms with van der Waals surface area (Å²) in [6.45, 7) is 4.23. The fourth-order valence-electron chi connectivity index (χ4n) is 2.22. The minimum absolute atomic E-state index is 0.0442. The maximum Gasteiger partial charge on any atom is 0.0794 e. The molecule has 0 radical (unpaired) electrons. The van der Waals surface area contributed by atoms with E-state index in [4.69, 9.17) is 5.11 Å². The van der Waals surface area contributed by atoms with E-state index in [9.17, 15) is 0 Å². The van der Waals surface area contributed by atoms with Crippen LogP contribution in [0.5, 0.6) is 0 Å². The molecule has 2 heterocycles. The molecule has 1 unspecified atom stereocenters. The summed E-state index contributed by atoms with van der Waals surface area (Å²) < 4.78 is 0. The van der Waals surface area contributed by atoms with Crippen LogP contribution in [-0.4, -0.2) is 60.3 Å². The summed E-state index contributed by atoms with van der Waals surface area (Å²) in [5.41, 5.74) is 0. The number of nitrogens with zero attached hydrogens (tertiary/aromatic N) is 2. The van der Waals surface area contributed by atoms with Gasteiger partial charge in [0.25, 0.3) is 0 Å². The van der Waals surface area contributed by atoms with Gasteiger partial charge < -0.3 is 10.0 Å². The van der Waals surface area contributed by atoms with Gasteiger partial charge in [0.05, 0.1) is 6.10 Å². The summed E-state index contributed by atoms with van der Waals surface area (Å²) >= 11 is 0. The number of aliphatic hydroxyl groups excluding tert-OH is 1. The molecule has 0 bridgehead atoms. The Morgan fingerprint density at radius 1 is 1.25 bits per heavy atom. The molecule has 3 heteroatoms. The largest absolute Gasteiger partial charge is 0.390 e. The van der Waals surface area contributed by atoms with Crippen molar-refractivity contribution in [3.8, 4) is 0 Å². The zero-order chi connectivity index (χ0) is 8.55. The molecule has 0 aromatic rings. The van der Waals surface area contributed by atoms with Crippen LogP contribution >= 0.6 is 0 Å². The predicted octanol–water partition coefficient (Wildman–Crippen LogP) is -0.243. The molecule has 12 heavy (non-hydrogen) atoms. The molecule has 3 nitrogen and oxygen atoms in total. The Kier molecular flexibility index (Phi) is 2.35. The molecule has 0 aromatic heterocycles. The van der Waals surface area contributed by atoms with E-state index in [-0.39, 0.29) is 6.10 Å². The average molecular weight is 170 g/mol. The Bertz CT molecular complexity index is 157. The summed E-state index contributed by atoms with van der Waals surface area (Å²) in [5, 5.41) is 9.16. The second kappa shape index (κ2) is 3.32. The molecule has 1 atom stereocenters. The van der Waals surface area contributed by atoms with Crippen molar-refractivity contribution in [2.24, 2.45) is 0 Å². The molecule has 0 aliphatic carbocycles. The molecular weight excluding hydrogens is 152 g/mol. The smallest absolute Gasteiger partial charge is 0.0794 e. The van der Waals surface area contributed by atoms with Gasteiger partial charge in [-0.15, -0.1) is 0 Å². The first kappa shape index (κ1) is 8.48. The van der Waals surface area contributed by atoms with Crippen molar-refractivity contribution in [2.75, 3.05) is 33.2 Å². The average Bonchev–Trinajstić information content (AvgIpc) is 1.99. The molecule has 0 saturated carbocycles. The molecule has 0 spiro atoms. The van der Waals surface area contributed by atoms with Gasteiger partial charge in [0.15, 0.2) is 0 Å². The van der Waals surface area contributed by atoms with Crippen molar-refractivity contribution in [1.82, 2.24) is 9.80 Å². The van der Waals surface area contributed by atoms with Crippen molar-refractivity contribution in [3.63, 3.8) is 0 Å². The van der Waals surface area contributed by atoms with Crippen LogP contribution < -0.4 is 0 Å². The lowest BCUT2D eigenvalue weighted by atomic mass is 10.00. The highest BCUT2D eigenvalue weighted by molar-refractivity contribution is 4.88. The Balaban J connectivity index is 1.80. The molecule has 70 valence electrons. The lowest BCUT2D eigenvalue weighted by molar-refractivity contribution is -0.0403. The number of hydrogen-bond donors (Lipinski definition) is 1. The van der Waals surface area contributed by atoms with E-state index < -0.39 is 0 Å². The zero-order valence-corrected chi connectivity index (χ0v) is 7.74. The number of hydrogen-bond acceptors (Lipinski definition) is 3. The number of aliphatic hydroxyl groups is 1. The summed E-state index contributed by atoms with van der Waals surface area (Å²) in [4.78, 5) is 4.79. The van der Waals surface area contributed by atoms with Gasteiger partial charge in [-0.05, 0) is 26.4 Å². The highest BCUT2D eigenvalue weighted by Crippen LogP contribution is 2.19. The van der Waals surface area contributed by atoms with Gasteiger partial charge in [0.1, 0.15) is 0 Å². The quantitative estimate of drug-likeness (QED) is 0.588. The number of rotatable bonds is 1. The highest BCUT2D eigenvalue weighted by atomic mass is 16.3. The molecule has 2 fully saturated rings. The van der Waals surface area contributed by atoms with E-state index in [2.05, 4.69) is 16.8 Å². The molecule has 1 N–H and O–H groups in total. The molecule has 2 rings (SSSR count). The molecular formula is C9H18N2O. The minimum atomic E-state index is -0.0442. The van der Waals surface area contributed by atoms with Gasteiger partial charge in [-0.1, -0.05) is 0 Å². The van der Waals surface area contributed by atoms with Gasteiger partial charge in [-0.3, -0.25) is 4.90 Å². The Hall–Kier alpha value is -0.120. The van der Waals surface area contributed by atoms with Crippen LogP contribution in [0.3, 0.4) is 0 Å². The summed E-state index contributed by atoms with van der Waals surface area (Å²) in [6, 6.07) is 0.715. The number of likely N-dealkylation sites (tertiary alicyclic amines) is 2. The first-order valence-corrected chi connectivity index (χ1v) is 4.86. The minimum Gasteiger partial charge on any atom is -0.390 e. The SMILES string of the molecule is CN1CCCC(N2CC(O)C2)C1. The van der Waals surface area contributed by atoms with Crippen molar-refractivity contribution in [2.45, 2.75) is 25.0 Å². The molecule has 2 saturated heterocycles. The van der Waals surface area contributed by atoms with Crippen molar-refractivity contribution in [1.29, 1.82) is 0 Å². The van der Waals surface area contributed by atoms with Crippen LogP contribution in [0.4, 0.5) is 0 Å². The first-order valence-electron chi connectivity index (χ1n) is 4.86. The van der Waals surface area contributed by atoms with E-state index in [0.29, 0.717) is 6.04 Å². The van der Waals surface area contributed by atoms with Crippen molar-refractivity contribution < 1.29 is 5.11 Å². The van der Waals surface area contributed by atoms with Crippen LogP contribution in [0.1, 0.15) is 12.8 Å². The van der Waals surface area contributed by atoms with E-state index in [1.54, 1.807) is 0 Å².